The normalized spacial score (nSPS) is 39.8. The Labute approximate surface area is 116 Å². The summed E-state index contributed by atoms with van der Waals surface area (Å²) in [5.41, 5.74) is 1.94. The van der Waals surface area contributed by atoms with Crippen LogP contribution in [-0.2, 0) is 5.41 Å². The number of rotatable bonds is 1. The highest BCUT2D eigenvalue weighted by atomic mass is 16.3. The minimum atomic E-state index is -0.0951. The van der Waals surface area contributed by atoms with E-state index in [1.807, 2.05) is 0 Å². The standard InChI is InChI=1S/C17H25NO/c1-16(14-6-4-3-5-7-14)9-10-17(2)12-15(19)8-11-18(17)13-16/h3-7,15,19H,8-13H2,1-2H3. The van der Waals surface area contributed by atoms with Crippen molar-refractivity contribution in [2.45, 2.75) is 56.6 Å². The van der Waals surface area contributed by atoms with Crippen LogP contribution in [0.15, 0.2) is 30.3 Å². The molecule has 2 aliphatic rings. The summed E-state index contributed by atoms with van der Waals surface area (Å²) in [6.45, 7) is 6.90. The number of fused-ring (bicyclic) bond motifs is 1. The van der Waals surface area contributed by atoms with Crippen molar-refractivity contribution in [1.29, 1.82) is 0 Å². The lowest BCUT2D eigenvalue weighted by Crippen LogP contribution is -2.60. The molecule has 0 radical (unpaired) electrons. The second-order valence-corrected chi connectivity index (χ2v) is 6.99. The predicted octanol–water partition coefficient (Wildman–Crippen LogP) is 2.95. The first-order valence-electron chi connectivity index (χ1n) is 7.51. The Morgan fingerprint density at radius 2 is 1.89 bits per heavy atom. The van der Waals surface area contributed by atoms with E-state index >= 15 is 0 Å². The Morgan fingerprint density at radius 1 is 1.16 bits per heavy atom. The molecule has 2 heterocycles. The second kappa shape index (κ2) is 4.60. The quantitative estimate of drug-likeness (QED) is 0.838. The molecule has 1 aromatic carbocycles. The van der Waals surface area contributed by atoms with Gasteiger partial charge in [0.15, 0.2) is 0 Å². The molecule has 2 saturated heterocycles. The van der Waals surface area contributed by atoms with Crippen LogP contribution in [0.25, 0.3) is 0 Å². The van der Waals surface area contributed by atoms with Crippen LogP contribution in [0.1, 0.15) is 45.1 Å². The smallest absolute Gasteiger partial charge is 0.0570 e. The zero-order valence-electron chi connectivity index (χ0n) is 12.1. The minimum Gasteiger partial charge on any atom is -0.393 e. The summed E-state index contributed by atoms with van der Waals surface area (Å²) >= 11 is 0. The number of hydrogen-bond acceptors (Lipinski definition) is 2. The maximum Gasteiger partial charge on any atom is 0.0570 e. The highest BCUT2D eigenvalue weighted by Gasteiger charge is 2.46. The zero-order valence-corrected chi connectivity index (χ0v) is 12.1. The molecule has 0 aromatic heterocycles. The first-order chi connectivity index (χ1) is 9.02. The molecule has 0 spiro atoms. The molecule has 104 valence electrons. The fraction of sp³-hybridized carbons (Fsp3) is 0.647. The Kier molecular flexibility index (Phi) is 3.18. The molecule has 19 heavy (non-hydrogen) atoms. The highest BCUT2D eigenvalue weighted by Crippen LogP contribution is 2.44. The third-order valence-corrected chi connectivity index (χ3v) is 5.40. The monoisotopic (exact) mass is 259 g/mol. The maximum atomic E-state index is 9.93. The van der Waals surface area contributed by atoms with Crippen molar-refractivity contribution in [1.82, 2.24) is 4.90 Å². The number of piperidine rings is 2. The van der Waals surface area contributed by atoms with Gasteiger partial charge in [-0.2, -0.15) is 0 Å². The summed E-state index contributed by atoms with van der Waals surface area (Å²) in [4.78, 5) is 2.62. The third-order valence-electron chi connectivity index (χ3n) is 5.40. The summed E-state index contributed by atoms with van der Waals surface area (Å²) in [6.07, 6.45) is 4.19. The van der Waals surface area contributed by atoms with E-state index in [0.29, 0.717) is 0 Å². The molecule has 0 bridgehead atoms. The molecule has 3 rings (SSSR count). The lowest BCUT2D eigenvalue weighted by Gasteiger charge is -2.55. The van der Waals surface area contributed by atoms with E-state index in [-0.39, 0.29) is 17.1 Å². The van der Waals surface area contributed by atoms with Gasteiger partial charge in [-0.25, -0.2) is 0 Å². The molecule has 2 fully saturated rings. The number of aliphatic hydroxyl groups excluding tert-OH is 1. The molecule has 2 nitrogen and oxygen atoms in total. The summed E-state index contributed by atoms with van der Waals surface area (Å²) < 4.78 is 0. The maximum absolute atomic E-state index is 9.93. The van der Waals surface area contributed by atoms with E-state index in [1.165, 1.54) is 18.4 Å². The SMILES string of the molecule is CC1(c2ccccc2)CCC2(C)CC(O)CCN2C1. The van der Waals surface area contributed by atoms with Gasteiger partial charge < -0.3 is 5.11 Å². The van der Waals surface area contributed by atoms with Gasteiger partial charge in [-0.15, -0.1) is 0 Å². The van der Waals surface area contributed by atoms with Crippen molar-refractivity contribution in [3.8, 4) is 0 Å². The molecule has 3 unspecified atom stereocenters. The molecule has 2 aliphatic heterocycles. The van der Waals surface area contributed by atoms with Gasteiger partial charge in [-0.3, -0.25) is 4.90 Å². The van der Waals surface area contributed by atoms with Crippen molar-refractivity contribution in [3.05, 3.63) is 35.9 Å². The van der Waals surface area contributed by atoms with Crippen molar-refractivity contribution in [2.75, 3.05) is 13.1 Å². The van der Waals surface area contributed by atoms with Gasteiger partial charge in [0.1, 0.15) is 0 Å². The number of hydrogen-bond donors (Lipinski definition) is 1. The first kappa shape index (κ1) is 13.1. The lowest BCUT2D eigenvalue weighted by molar-refractivity contribution is -0.0536. The average molecular weight is 259 g/mol. The summed E-state index contributed by atoms with van der Waals surface area (Å²) in [7, 11) is 0. The highest BCUT2D eigenvalue weighted by molar-refractivity contribution is 5.26. The van der Waals surface area contributed by atoms with Crippen molar-refractivity contribution in [3.63, 3.8) is 0 Å². The largest absolute Gasteiger partial charge is 0.393 e. The van der Waals surface area contributed by atoms with Gasteiger partial charge in [-0.05, 0) is 38.2 Å². The molecular formula is C17H25NO. The van der Waals surface area contributed by atoms with Gasteiger partial charge in [0.2, 0.25) is 0 Å². The molecule has 3 atom stereocenters. The van der Waals surface area contributed by atoms with E-state index in [2.05, 4.69) is 49.1 Å². The fourth-order valence-electron chi connectivity index (χ4n) is 3.97. The topological polar surface area (TPSA) is 23.5 Å². The van der Waals surface area contributed by atoms with Crippen molar-refractivity contribution in [2.24, 2.45) is 0 Å². The van der Waals surface area contributed by atoms with Crippen LogP contribution in [0.2, 0.25) is 0 Å². The molecule has 0 amide bonds. The van der Waals surface area contributed by atoms with Crippen LogP contribution in [0.4, 0.5) is 0 Å². The lowest BCUT2D eigenvalue weighted by atomic mass is 9.68. The fourth-order valence-corrected chi connectivity index (χ4v) is 3.97. The van der Waals surface area contributed by atoms with Crippen molar-refractivity contribution < 1.29 is 5.11 Å². The second-order valence-electron chi connectivity index (χ2n) is 6.99. The number of nitrogens with zero attached hydrogens (tertiary/aromatic N) is 1. The number of aliphatic hydroxyl groups is 1. The van der Waals surface area contributed by atoms with Gasteiger partial charge in [0, 0.05) is 24.0 Å². The van der Waals surface area contributed by atoms with Crippen molar-refractivity contribution >= 4 is 0 Å². The van der Waals surface area contributed by atoms with Crippen LogP contribution in [0.5, 0.6) is 0 Å². The first-order valence-corrected chi connectivity index (χ1v) is 7.51. The Morgan fingerprint density at radius 3 is 2.63 bits per heavy atom. The van der Waals surface area contributed by atoms with Gasteiger partial charge in [-0.1, -0.05) is 37.3 Å². The Balaban J connectivity index is 1.83. The van der Waals surface area contributed by atoms with Crippen LogP contribution in [0, 0.1) is 0 Å². The van der Waals surface area contributed by atoms with Gasteiger partial charge >= 0.3 is 0 Å². The van der Waals surface area contributed by atoms with Crippen LogP contribution in [-0.4, -0.2) is 34.7 Å². The average Bonchev–Trinajstić information content (AvgIpc) is 2.41. The van der Waals surface area contributed by atoms with E-state index < -0.39 is 0 Å². The van der Waals surface area contributed by atoms with Crippen LogP contribution < -0.4 is 0 Å². The van der Waals surface area contributed by atoms with E-state index in [1.54, 1.807) is 0 Å². The summed E-state index contributed by atoms with van der Waals surface area (Å²) in [5, 5.41) is 9.93. The third kappa shape index (κ3) is 2.32. The summed E-state index contributed by atoms with van der Waals surface area (Å²) in [6, 6.07) is 10.9. The zero-order chi connectivity index (χ0) is 13.5. The van der Waals surface area contributed by atoms with Crippen LogP contribution in [0.3, 0.4) is 0 Å². The number of benzene rings is 1. The Hall–Kier alpha value is -0.860. The van der Waals surface area contributed by atoms with Gasteiger partial charge in [0.25, 0.3) is 0 Å². The molecular weight excluding hydrogens is 234 g/mol. The molecule has 0 aliphatic carbocycles. The van der Waals surface area contributed by atoms with Gasteiger partial charge in [0.05, 0.1) is 6.10 Å². The molecule has 1 aromatic rings. The Bertz CT molecular complexity index is 446. The summed E-state index contributed by atoms with van der Waals surface area (Å²) in [5.74, 6) is 0. The molecule has 2 heteroatoms. The minimum absolute atomic E-state index is 0.0951. The van der Waals surface area contributed by atoms with Crippen LogP contribution >= 0.6 is 0 Å². The van der Waals surface area contributed by atoms with E-state index in [9.17, 15) is 5.11 Å². The van der Waals surface area contributed by atoms with E-state index in [4.69, 9.17) is 0 Å². The predicted molar refractivity (Wildman–Crippen MR) is 78.2 cm³/mol. The molecule has 0 saturated carbocycles. The van der Waals surface area contributed by atoms with E-state index in [0.717, 1.165) is 25.9 Å². The molecule has 1 N–H and O–H groups in total.